The summed E-state index contributed by atoms with van der Waals surface area (Å²) in [4.78, 5) is 15.2. The number of amides is 1. The highest BCUT2D eigenvalue weighted by molar-refractivity contribution is 5.96. The zero-order chi connectivity index (χ0) is 21.1. The molecule has 0 saturated carbocycles. The van der Waals surface area contributed by atoms with Crippen LogP contribution in [-0.2, 0) is 0 Å². The van der Waals surface area contributed by atoms with Gasteiger partial charge in [-0.25, -0.2) is 0 Å². The average Bonchev–Trinajstić information content (AvgIpc) is 2.78. The van der Waals surface area contributed by atoms with E-state index in [4.69, 9.17) is 0 Å². The molecule has 4 aromatic rings. The summed E-state index contributed by atoms with van der Waals surface area (Å²) in [7, 11) is 3.88. The Bertz CT molecular complexity index is 1190. The molecule has 1 amide bonds. The maximum Gasteiger partial charge on any atom is 0.252 e. The van der Waals surface area contributed by atoms with Crippen molar-refractivity contribution >= 4 is 22.4 Å². The van der Waals surface area contributed by atoms with Crippen LogP contribution in [0.2, 0.25) is 0 Å². The number of aromatic hydroxyl groups is 1. The van der Waals surface area contributed by atoms with Gasteiger partial charge >= 0.3 is 0 Å². The summed E-state index contributed by atoms with van der Waals surface area (Å²) in [5, 5.41) is 15.9. The fourth-order valence-corrected chi connectivity index (χ4v) is 3.69. The molecule has 4 rings (SSSR count). The summed E-state index contributed by atoms with van der Waals surface area (Å²) in [6.45, 7) is 0. The Morgan fingerprint density at radius 3 is 2.37 bits per heavy atom. The Hall–Kier alpha value is -3.79. The van der Waals surface area contributed by atoms with Crippen molar-refractivity contribution < 1.29 is 9.90 Å². The van der Waals surface area contributed by atoms with Gasteiger partial charge in [-0.2, -0.15) is 0 Å². The molecule has 0 aliphatic rings. The molecule has 1 atom stereocenters. The lowest BCUT2D eigenvalue weighted by molar-refractivity contribution is 0.0943. The van der Waals surface area contributed by atoms with Crippen LogP contribution in [0.25, 0.3) is 10.8 Å². The molecule has 30 heavy (non-hydrogen) atoms. The number of rotatable bonds is 5. The average molecular weight is 396 g/mol. The van der Waals surface area contributed by atoms with Gasteiger partial charge in [-0.1, -0.05) is 66.7 Å². The molecule has 2 N–H and O–H groups in total. The second-order valence-electron chi connectivity index (χ2n) is 7.48. The van der Waals surface area contributed by atoms with Crippen molar-refractivity contribution in [3.63, 3.8) is 0 Å². The van der Waals surface area contributed by atoms with Crippen LogP contribution in [-0.4, -0.2) is 25.1 Å². The smallest absolute Gasteiger partial charge is 0.252 e. The maximum atomic E-state index is 13.2. The van der Waals surface area contributed by atoms with E-state index in [1.165, 1.54) is 0 Å². The molecular formula is C26H24N2O2. The van der Waals surface area contributed by atoms with Crippen molar-refractivity contribution in [3.8, 4) is 5.75 Å². The third-order valence-corrected chi connectivity index (χ3v) is 5.27. The van der Waals surface area contributed by atoms with E-state index in [-0.39, 0.29) is 11.7 Å². The first-order valence-corrected chi connectivity index (χ1v) is 9.88. The van der Waals surface area contributed by atoms with Gasteiger partial charge < -0.3 is 15.3 Å². The highest BCUT2D eigenvalue weighted by atomic mass is 16.3. The van der Waals surface area contributed by atoms with E-state index in [0.717, 1.165) is 22.0 Å². The molecule has 0 aromatic heterocycles. The van der Waals surface area contributed by atoms with Gasteiger partial charge in [0.1, 0.15) is 5.75 Å². The summed E-state index contributed by atoms with van der Waals surface area (Å²) in [6, 6.07) is 28.2. The highest BCUT2D eigenvalue weighted by Crippen LogP contribution is 2.36. The number of phenols is 1. The first-order valence-electron chi connectivity index (χ1n) is 9.88. The molecule has 0 radical (unpaired) electrons. The lowest BCUT2D eigenvalue weighted by atomic mass is 9.92. The molecule has 0 aliphatic heterocycles. The number of benzene rings is 4. The second-order valence-corrected chi connectivity index (χ2v) is 7.48. The number of nitrogens with zero attached hydrogens (tertiary/aromatic N) is 1. The van der Waals surface area contributed by atoms with Gasteiger partial charge in [-0.15, -0.1) is 0 Å². The molecular weight excluding hydrogens is 372 g/mol. The number of nitrogens with one attached hydrogen (secondary N) is 1. The predicted molar refractivity (Wildman–Crippen MR) is 122 cm³/mol. The molecule has 0 bridgehead atoms. The first-order chi connectivity index (χ1) is 14.5. The van der Waals surface area contributed by atoms with Gasteiger partial charge in [0.15, 0.2) is 0 Å². The fourth-order valence-electron chi connectivity index (χ4n) is 3.69. The Morgan fingerprint density at radius 1 is 0.867 bits per heavy atom. The van der Waals surface area contributed by atoms with Gasteiger partial charge in [0.2, 0.25) is 0 Å². The number of carbonyl (C=O) groups is 1. The third-order valence-electron chi connectivity index (χ3n) is 5.27. The SMILES string of the molecule is CN(C)c1cccc(C(=O)N[C@H](c2ccccc2)c2c(O)ccc3ccccc23)c1. The van der Waals surface area contributed by atoms with Crippen molar-refractivity contribution in [3.05, 3.63) is 108 Å². The van der Waals surface area contributed by atoms with E-state index < -0.39 is 6.04 Å². The van der Waals surface area contributed by atoms with Crippen LogP contribution in [0.5, 0.6) is 5.75 Å². The van der Waals surface area contributed by atoms with Crippen molar-refractivity contribution in [2.24, 2.45) is 0 Å². The van der Waals surface area contributed by atoms with E-state index in [2.05, 4.69) is 5.32 Å². The maximum absolute atomic E-state index is 13.2. The lowest BCUT2D eigenvalue weighted by Crippen LogP contribution is -2.29. The highest BCUT2D eigenvalue weighted by Gasteiger charge is 2.23. The lowest BCUT2D eigenvalue weighted by Gasteiger charge is -2.23. The zero-order valence-corrected chi connectivity index (χ0v) is 17.0. The van der Waals surface area contributed by atoms with Gasteiger partial charge in [-0.3, -0.25) is 4.79 Å². The van der Waals surface area contributed by atoms with Gasteiger partial charge in [0.05, 0.1) is 6.04 Å². The first kappa shape index (κ1) is 19.5. The standard InChI is InChI=1S/C26H24N2O2/c1-28(2)21-13-8-12-20(17-21)26(30)27-25(19-10-4-3-5-11-19)24-22-14-7-6-9-18(22)15-16-23(24)29/h3-17,25,29H,1-2H3,(H,27,30)/t25-/m1/s1. The number of carbonyl (C=O) groups excluding carboxylic acids is 1. The van der Waals surface area contributed by atoms with Crippen LogP contribution in [0.3, 0.4) is 0 Å². The quantitative estimate of drug-likeness (QED) is 0.492. The minimum atomic E-state index is -0.493. The number of phenolic OH excluding ortho intramolecular Hbond substituents is 1. The summed E-state index contributed by atoms with van der Waals surface area (Å²) < 4.78 is 0. The van der Waals surface area contributed by atoms with Gasteiger partial charge in [-0.05, 0) is 40.6 Å². The fraction of sp³-hybridized carbons (Fsp3) is 0.115. The van der Waals surface area contributed by atoms with Crippen molar-refractivity contribution in [2.45, 2.75) is 6.04 Å². The summed E-state index contributed by atoms with van der Waals surface area (Å²) in [6.07, 6.45) is 0. The van der Waals surface area contributed by atoms with E-state index in [1.54, 1.807) is 12.1 Å². The Morgan fingerprint density at radius 2 is 1.60 bits per heavy atom. The van der Waals surface area contributed by atoms with E-state index in [0.29, 0.717) is 11.1 Å². The molecule has 0 aliphatic carbocycles. The predicted octanol–water partition coefficient (Wildman–Crippen LogP) is 5.13. The second kappa shape index (κ2) is 8.29. The zero-order valence-electron chi connectivity index (χ0n) is 17.0. The third kappa shape index (κ3) is 3.85. The summed E-state index contributed by atoms with van der Waals surface area (Å²) in [5.74, 6) is -0.0372. The minimum absolute atomic E-state index is 0.157. The van der Waals surface area contributed by atoms with Gasteiger partial charge in [0, 0.05) is 30.9 Å². The van der Waals surface area contributed by atoms with Crippen LogP contribution in [0.1, 0.15) is 27.5 Å². The number of hydrogen-bond donors (Lipinski definition) is 2. The molecule has 0 saturated heterocycles. The van der Waals surface area contributed by atoms with Gasteiger partial charge in [0.25, 0.3) is 5.91 Å². The topological polar surface area (TPSA) is 52.6 Å². The van der Waals surface area contributed by atoms with Crippen molar-refractivity contribution in [1.82, 2.24) is 5.32 Å². The molecule has 0 fully saturated rings. The molecule has 4 aromatic carbocycles. The summed E-state index contributed by atoms with van der Waals surface area (Å²) in [5.41, 5.74) is 3.12. The van der Waals surface area contributed by atoms with Crippen LogP contribution in [0.4, 0.5) is 5.69 Å². The van der Waals surface area contributed by atoms with Crippen molar-refractivity contribution in [1.29, 1.82) is 0 Å². The molecule has 150 valence electrons. The van der Waals surface area contributed by atoms with E-state index in [1.807, 2.05) is 97.9 Å². The minimum Gasteiger partial charge on any atom is -0.508 e. The number of fused-ring (bicyclic) bond motifs is 1. The van der Waals surface area contributed by atoms with Crippen LogP contribution in [0, 0.1) is 0 Å². The number of anilines is 1. The molecule has 0 unspecified atom stereocenters. The Kier molecular flexibility index (Phi) is 5.40. The van der Waals surface area contributed by atoms with E-state index >= 15 is 0 Å². The molecule has 0 spiro atoms. The largest absolute Gasteiger partial charge is 0.508 e. The number of hydrogen-bond acceptors (Lipinski definition) is 3. The molecule has 4 nitrogen and oxygen atoms in total. The monoisotopic (exact) mass is 396 g/mol. The molecule has 0 heterocycles. The van der Waals surface area contributed by atoms with E-state index in [9.17, 15) is 9.90 Å². The Labute approximate surface area is 176 Å². The van der Waals surface area contributed by atoms with Crippen LogP contribution < -0.4 is 10.2 Å². The summed E-state index contributed by atoms with van der Waals surface area (Å²) >= 11 is 0. The van der Waals surface area contributed by atoms with Crippen molar-refractivity contribution in [2.75, 3.05) is 19.0 Å². The Balaban J connectivity index is 1.81. The van der Waals surface area contributed by atoms with Crippen LogP contribution >= 0.6 is 0 Å². The van der Waals surface area contributed by atoms with Crippen LogP contribution in [0.15, 0.2) is 91.0 Å². The molecule has 4 heteroatoms. The normalized spacial score (nSPS) is 11.8.